The van der Waals surface area contributed by atoms with Crippen LogP contribution in [0.2, 0.25) is 0 Å². The van der Waals surface area contributed by atoms with Crippen molar-refractivity contribution in [2.45, 2.75) is 4.90 Å². The van der Waals surface area contributed by atoms with Crippen molar-refractivity contribution in [3.8, 4) is 5.75 Å². The van der Waals surface area contributed by atoms with Crippen LogP contribution < -0.4 is 10.5 Å². The highest BCUT2D eigenvalue weighted by molar-refractivity contribution is 8.76. The van der Waals surface area contributed by atoms with Gasteiger partial charge in [-0.3, -0.25) is 0 Å². The molecular formula is C9H13NOS2. The summed E-state index contributed by atoms with van der Waals surface area (Å²) in [4.78, 5) is 1.24. The molecule has 4 heteroatoms. The molecule has 0 unspecified atom stereocenters. The molecule has 0 saturated heterocycles. The van der Waals surface area contributed by atoms with Crippen molar-refractivity contribution in [2.24, 2.45) is 5.73 Å². The Hall–Kier alpha value is -0.320. The number of benzene rings is 1. The Morgan fingerprint density at radius 1 is 1.31 bits per heavy atom. The molecule has 0 aliphatic carbocycles. The number of rotatable bonds is 5. The third-order valence-electron chi connectivity index (χ3n) is 1.42. The second-order valence-electron chi connectivity index (χ2n) is 2.37. The van der Waals surface area contributed by atoms with E-state index in [0.29, 0.717) is 0 Å². The monoisotopic (exact) mass is 215 g/mol. The first kappa shape index (κ1) is 10.8. The largest absolute Gasteiger partial charge is 0.497 e. The second kappa shape index (κ2) is 6.18. The fourth-order valence-corrected chi connectivity index (χ4v) is 2.63. The van der Waals surface area contributed by atoms with Crippen molar-refractivity contribution in [3.05, 3.63) is 24.3 Å². The van der Waals surface area contributed by atoms with Crippen molar-refractivity contribution in [2.75, 3.05) is 19.4 Å². The Labute approximate surface area is 86.6 Å². The standard InChI is InChI=1S/C9H13NOS2/c1-11-8-2-4-9(5-3-8)13-12-7-6-10/h2-5H,6-7,10H2,1H3. The Kier molecular flexibility index (Phi) is 5.12. The molecule has 72 valence electrons. The molecule has 13 heavy (non-hydrogen) atoms. The molecule has 0 saturated carbocycles. The molecule has 0 bridgehead atoms. The maximum atomic E-state index is 5.38. The van der Waals surface area contributed by atoms with E-state index in [9.17, 15) is 0 Å². The summed E-state index contributed by atoms with van der Waals surface area (Å²) in [6, 6.07) is 8.02. The lowest BCUT2D eigenvalue weighted by Crippen LogP contribution is -1.99. The van der Waals surface area contributed by atoms with Crippen LogP contribution in [0.4, 0.5) is 0 Å². The van der Waals surface area contributed by atoms with Crippen LogP contribution in [0.1, 0.15) is 0 Å². The van der Waals surface area contributed by atoms with Gasteiger partial charge in [0.25, 0.3) is 0 Å². The van der Waals surface area contributed by atoms with E-state index in [1.807, 2.05) is 24.3 Å². The lowest BCUT2D eigenvalue weighted by molar-refractivity contribution is 0.414. The van der Waals surface area contributed by atoms with Gasteiger partial charge >= 0.3 is 0 Å². The van der Waals surface area contributed by atoms with Crippen LogP contribution in [-0.4, -0.2) is 19.4 Å². The summed E-state index contributed by atoms with van der Waals surface area (Å²) in [5.41, 5.74) is 5.38. The fourth-order valence-electron chi connectivity index (χ4n) is 0.789. The fraction of sp³-hybridized carbons (Fsp3) is 0.333. The first-order chi connectivity index (χ1) is 6.36. The first-order valence-corrected chi connectivity index (χ1v) is 6.32. The van der Waals surface area contributed by atoms with Crippen LogP contribution in [0.25, 0.3) is 0 Å². The molecule has 1 aromatic carbocycles. The van der Waals surface area contributed by atoms with Crippen molar-refractivity contribution in [1.82, 2.24) is 0 Å². The van der Waals surface area contributed by atoms with E-state index in [4.69, 9.17) is 10.5 Å². The molecule has 0 amide bonds. The predicted molar refractivity (Wildman–Crippen MR) is 60.4 cm³/mol. The highest BCUT2D eigenvalue weighted by Crippen LogP contribution is 2.31. The van der Waals surface area contributed by atoms with Gasteiger partial charge in [0.1, 0.15) is 5.75 Å². The van der Waals surface area contributed by atoms with Gasteiger partial charge in [-0.1, -0.05) is 21.6 Å². The first-order valence-electron chi connectivity index (χ1n) is 4.00. The smallest absolute Gasteiger partial charge is 0.118 e. The Morgan fingerprint density at radius 3 is 2.54 bits per heavy atom. The SMILES string of the molecule is COc1ccc(SSCCN)cc1. The van der Waals surface area contributed by atoms with E-state index in [2.05, 4.69) is 0 Å². The zero-order chi connectivity index (χ0) is 9.52. The molecule has 0 heterocycles. The molecule has 2 N–H and O–H groups in total. The van der Waals surface area contributed by atoms with Gasteiger partial charge in [0, 0.05) is 17.2 Å². The van der Waals surface area contributed by atoms with Crippen LogP contribution in [0, 0.1) is 0 Å². The molecule has 0 aliphatic heterocycles. The normalized spacial score (nSPS) is 10.0. The Morgan fingerprint density at radius 2 is 2.00 bits per heavy atom. The van der Waals surface area contributed by atoms with Crippen molar-refractivity contribution in [1.29, 1.82) is 0 Å². The van der Waals surface area contributed by atoms with Gasteiger partial charge in [0.15, 0.2) is 0 Å². The summed E-state index contributed by atoms with van der Waals surface area (Å²) in [6.07, 6.45) is 0. The van der Waals surface area contributed by atoms with Gasteiger partial charge in [-0.25, -0.2) is 0 Å². The molecule has 0 atom stereocenters. The zero-order valence-corrected chi connectivity index (χ0v) is 9.16. The number of hydrogen-bond donors (Lipinski definition) is 1. The summed E-state index contributed by atoms with van der Waals surface area (Å²) >= 11 is 0. The summed E-state index contributed by atoms with van der Waals surface area (Å²) in [5.74, 6) is 1.88. The molecule has 0 aromatic heterocycles. The van der Waals surface area contributed by atoms with E-state index in [-0.39, 0.29) is 0 Å². The van der Waals surface area contributed by atoms with Crippen molar-refractivity contribution >= 4 is 21.6 Å². The topological polar surface area (TPSA) is 35.2 Å². The van der Waals surface area contributed by atoms with Crippen molar-refractivity contribution in [3.63, 3.8) is 0 Å². The average molecular weight is 215 g/mol. The third kappa shape index (κ3) is 3.93. The lowest BCUT2D eigenvalue weighted by Gasteiger charge is -2.01. The number of nitrogens with two attached hydrogens (primary N) is 1. The zero-order valence-electron chi connectivity index (χ0n) is 7.53. The minimum Gasteiger partial charge on any atom is -0.497 e. The van der Waals surface area contributed by atoms with E-state index in [1.54, 1.807) is 28.7 Å². The maximum Gasteiger partial charge on any atom is 0.118 e. The van der Waals surface area contributed by atoms with Crippen LogP contribution in [0.15, 0.2) is 29.2 Å². The van der Waals surface area contributed by atoms with Gasteiger partial charge in [-0.2, -0.15) is 0 Å². The predicted octanol–water partition coefficient (Wildman–Crippen LogP) is 2.39. The molecule has 1 rings (SSSR count). The maximum absolute atomic E-state index is 5.38. The summed E-state index contributed by atoms with van der Waals surface area (Å²) in [6.45, 7) is 0.730. The van der Waals surface area contributed by atoms with Crippen LogP contribution in [0.3, 0.4) is 0 Å². The van der Waals surface area contributed by atoms with Gasteiger partial charge in [0.2, 0.25) is 0 Å². The van der Waals surface area contributed by atoms with Gasteiger partial charge in [-0.05, 0) is 24.3 Å². The molecule has 0 fully saturated rings. The second-order valence-corrected chi connectivity index (χ2v) is 4.86. The minimum atomic E-state index is 0.730. The van der Waals surface area contributed by atoms with Gasteiger partial charge in [0.05, 0.1) is 7.11 Å². The average Bonchev–Trinajstić information content (AvgIpc) is 2.19. The third-order valence-corrected chi connectivity index (χ3v) is 3.83. The molecular weight excluding hydrogens is 202 g/mol. The summed E-state index contributed by atoms with van der Waals surface area (Å²) in [7, 11) is 5.19. The Bertz CT molecular complexity index is 238. The summed E-state index contributed by atoms with van der Waals surface area (Å²) in [5, 5.41) is 0. The molecule has 0 spiro atoms. The van der Waals surface area contributed by atoms with Gasteiger partial charge < -0.3 is 10.5 Å². The van der Waals surface area contributed by atoms with Crippen LogP contribution >= 0.6 is 21.6 Å². The molecule has 0 radical (unpaired) electrons. The van der Waals surface area contributed by atoms with E-state index >= 15 is 0 Å². The number of hydrogen-bond acceptors (Lipinski definition) is 4. The number of ether oxygens (including phenoxy) is 1. The quantitative estimate of drug-likeness (QED) is 0.604. The minimum absolute atomic E-state index is 0.730. The molecule has 0 aliphatic rings. The van der Waals surface area contributed by atoms with E-state index < -0.39 is 0 Å². The number of methoxy groups -OCH3 is 1. The molecule has 2 nitrogen and oxygen atoms in total. The molecule has 1 aromatic rings. The van der Waals surface area contributed by atoms with E-state index in [1.165, 1.54) is 4.90 Å². The lowest BCUT2D eigenvalue weighted by atomic mass is 10.3. The van der Waals surface area contributed by atoms with E-state index in [0.717, 1.165) is 18.0 Å². The van der Waals surface area contributed by atoms with Crippen LogP contribution in [0.5, 0.6) is 5.75 Å². The van der Waals surface area contributed by atoms with Gasteiger partial charge in [-0.15, -0.1) is 0 Å². The summed E-state index contributed by atoms with van der Waals surface area (Å²) < 4.78 is 5.06. The highest BCUT2D eigenvalue weighted by Gasteiger charge is 1.94. The highest BCUT2D eigenvalue weighted by atomic mass is 33.1. The van der Waals surface area contributed by atoms with Crippen LogP contribution in [-0.2, 0) is 0 Å². The van der Waals surface area contributed by atoms with Crippen molar-refractivity contribution < 1.29 is 4.74 Å². The Balaban J connectivity index is 2.40.